The number of hydrogen-bond acceptors (Lipinski definition) is 6. The van der Waals surface area contributed by atoms with Crippen molar-refractivity contribution in [3.63, 3.8) is 0 Å². The van der Waals surface area contributed by atoms with Crippen molar-refractivity contribution in [2.24, 2.45) is 5.16 Å². The number of aromatic nitrogens is 3. The molecule has 4 rings (SSSR count). The Morgan fingerprint density at radius 1 is 0.933 bits per heavy atom. The molecule has 0 saturated heterocycles. The van der Waals surface area contributed by atoms with E-state index < -0.39 is 0 Å². The van der Waals surface area contributed by atoms with E-state index in [9.17, 15) is 5.21 Å². The number of hydrogen-bond donors (Lipinski definition) is 1. The lowest BCUT2D eigenvalue weighted by Crippen LogP contribution is -2.06. The Kier molecular flexibility index (Phi) is 6.10. The first-order valence-corrected chi connectivity index (χ1v) is 10.3. The molecule has 0 atom stereocenters. The van der Waals surface area contributed by atoms with Gasteiger partial charge in [0.25, 0.3) is 0 Å². The molecule has 0 aliphatic carbocycles. The van der Waals surface area contributed by atoms with Crippen molar-refractivity contribution < 1.29 is 9.94 Å². The molecule has 1 N–H and O–H groups in total. The van der Waals surface area contributed by atoms with Gasteiger partial charge in [-0.25, -0.2) is 0 Å². The number of rotatable bonds is 7. The van der Waals surface area contributed by atoms with Crippen LogP contribution in [0, 0.1) is 0 Å². The highest BCUT2D eigenvalue weighted by Crippen LogP contribution is 2.29. The Balaban J connectivity index is 1.68. The van der Waals surface area contributed by atoms with Gasteiger partial charge in [0, 0.05) is 22.6 Å². The van der Waals surface area contributed by atoms with Crippen LogP contribution in [-0.4, -0.2) is 38.5 Å². The maximum Gasteiger partial charge on any atom is 0.196 e. The van der Waals surface area contributed by atoms with Crippen LogP contribution in [0.25, 0.3) is 17.1 Å². The van der Waals surface area contributed by atoms with Gasteiger partial charge in [0.15, 0.2) is 11.0 Å². The molecule has 150 valence electrons. The molecule has 0 radical (unpaired) electrons. The van der Waals surface area contributed by atoms with E-state index in [1.807, 2.05) is 89.5 Å². The lowest BCUT2D eigenvalue weighted by atomic mass is 10.1. The average molecular weight is 417 g/mol. The zero-order valence-electron chi connectivity index (χ0n) is 16.3. The minimum absolute atomic E-state index is 0.452. The molecule has 1 aromatic heterocycles. The number of nitrogens with zero attached hydrogens (tertiary/aromatic N) is 4. The summed E-state index contributed by atoms with van der Waals surface area (Å²) in [6.45, 7) is 0. The summed E-state index contributed by atoms with van der Waals surface area (Å²) in [5.74, 6) is 1.97. The summed E-state index contributed by atoms with van der Waals surface area (Å²) in [5, 5.41) is 22.6. The third-order valence-electron chi connectivity index (χ3n) is 4.56. The van der Waals surface area contributed by atoms with Gasteiger partial charge in [0.05, 0.1) is 12.8 Å². The molecule has 0 aliphatic heterocycles. The van der Waals surface area contributed by atoms with E-state index in [0.29, 0.717) is 16.6 Å². The quantitative estimate of drug-likeness (QED) is 0.200. The molecule has 3 aromatic carbocycles. The molecule has 0 bridgehead atoms. The van der Waals surface area contributed by atoms with Crippen LogP contribution in [0.15, 0.2) is 95.2 Å². The Morgan fingerprint density at radius 2 is 1.60 bits per heavy atom. The van der Waals surface area contributed by atoms with Crippen LogP contribution in [0.1, 0.15) is 5.56 Å². The number of para-hydroxylation sites is 1. The predicted octanol–water partition coefficient (Wildman–Crippen LogP) is 4.91. The average Bonchev–Trinajstić information content (AvgIpc) is 3.25. The van der Waals surface area contributed by atoms with Gasteiger partial charge in [0.2, 0.25) is 0 Å². The normalized spacial score (nSPS) is 11.4. The fraction of sp³-hybridized carbons (Fsp3) is 0.0870. The summed E-state index contributed by atoms with van der Waals surface area (Å²) < 4.78 is 7.27. The minimum Gasteiger partial charge on any atom is -0.497 e. The van der Waals surface area contributed by atoms with Crippen LogP contribution in [0.5, 0.6) is 5.75 Å². The molecule has 0 saturated carbocycles. The number of oxime groups is 1. The monoisotopic (exact) mass is 416 g/mol. The smallest absolute Gasteiger partial charge is 0.196 e. The fourth-order valence-corrected chi connectivity index (χ4v) is 3.94. The zero-order chi connectivity index (χ0) is 20.8. The van der Waals surface area contributed by atoms with E-state index in [-0.39, 0.29) is 0 Å². The van der Waals surface area contributed by atoms with Crippen LogP contribution in [0.2, 0.25) is 0 Å². The van der Waals surface area contributed by atoms with Crippen LogP contribution in [0.4, 0.5) is 0 Å². The molecule has 0 amide bonds. The van der Waals surface area contributed by atoms with E-state index in [1.54, 1.807) is 7.11 Å². The Morgan fingerprint density at radius 3 is 2.23 bits per heavy atom. The number of methoxy groups -OCH3 is 1. The Bertz CT molecular complexity index is 1130. The standard InChI is InChI=1S/C23H20N4O2S/c1-29-20-14-12-18(13-15-20)22-24-25-23(27(22)19-10-6-3-7-11-19)30-16-21(26-28)17-8-4-2-5-9-17/h2-15,28H,16H2,1H3/b26-21-. The summed E-state index contributed by atoms with van der Waals surface area (Å²) in [5.41, 5.74) is 3.33. The largest absolute Gasteiger partial charge is 0.497 e. The summed E-state index contributed by atoms with van der Waals surface area (Å²) in [6.07, 6.45) is 0. The van der Waals surface area contributed by atoms with Crippen LogP contribution >= 0.6 is 11.8 Å². The molecule has 0 spiro atoms. The van der Waals surface area contributed by atoms with Crippen molar-refractivity contribution >= 4 is 17.5 Å². The fourth-order valence-electron chi connectivity index (χ4n) is 3.03. The first-order chi connectivity index (χ1) is 14.8. The maximum absolute atomic E-state index is 9.50. The lowest BCUT2D eigenvalue weighted by molar-refractivity contribution is 0.319. The van der Waals surface area contributed by atoms with Crippen molar-refractivity contribution in [2.75, 3.05) is 12.9 Å². The first-order valence-electron chi connectivity index (χ1n) is 9.34. The van der Waals surface area contributed by atoms with E-state index in [2.05, 4.69) is 15.4 Å². The number of ether oxygens (including phenoxy) is 1. The van der Waals surface area contributed by atoms with Gasteiger partial charge in [0.1, 0.15) is 5.75 Å². The highest BCUT2D eigenvalue weighted by atomic mass is 32.2. The van der Waals surface area contributed by atoms with Crippen molar-refractivity contribution in [1.29, 1.82) is 0 Å². The van der Waals surface area contributed by atoms with E-state index in [1.165, 1.54) is 11.8 Å². The van der Waals surface area contributed by atoms with Crippen LogP contribution in [-0.2, 0) is 0 Å². The van der Waals surface area contributed by atoms with E-state index in [0.717, 1.165) is 28.4 Å². The molecular weight excluding hydrogens is 396 g/mol. The third kappa shape index (κ3) is 4.21. The second-order valence-corrected chi connectivity index (χ2v) is 7.35. The summed E-state index contributed by atoms with van der Waals surface area (Å²) >= 11 is 1.47. The van der Waals surface area contributed by atoms with E-state index in [4.69, 9.17) is 4.74 Å². The van der Waals surface area contributed by atoms with Gasteiger partial charge in [-0.1, -0.05) is 65.4 Å². The maximum atomic E-state index is 9.50. The SMILES string of the molecule is COc1ccc(-c2nnc(SC/C(=N/O)c3ccccc3)n2-c2ccccc2)cc1. The lowest BCUT2D eigenvalue weighted by Gasteiger charge is -2.11. The molecule has 7 heteroatoms. The molecule has 0 unspecified atom stereocenters. The molecule has 4 aromatic rings. The molecule has 0 fully saturated rings. The van der Waals surface area contributed by atoms with Gasteiger partial charge < -0.3 is 9.94 Å². The topological polar surface area (TPSA) is 72.5 Å². The molecule has 0 aliphatic rings. The molecule has 6 nitrogen and oxygen atoms in total. The van der Waals surface area contributed by atoms with Crippen LogP contribution < -0.4 is 4.74 Å². The second kappa shape index (κ2) is 9.28. The van der Waals surface area contributed by atoms with Gasteiger partial charge in [-0.05, 0) is 36.4 Å². The van der Waals surface area contributed by atoms with Gasteiger partial charge in [-0.2, -0.15) is 0 Å². The Hall–Kier alpha value is -3.58. The zero-order valence-corrected chi connectivity index (χ0v) is 17.2. The first kappa shape index (κ1) is 19.7. The Labute approximate surface area is 178 Å². The highest BCUT2D eigenvalue weighted by Gasteiger charge is 2.17. The second-order valence-electron chi connectivity index (χ2n) is 6.41. The van der Waals surface area contributed by atoms with E-state index >= 15 is 0 Å². The van der Waals surface area contributed by atoms with Crippen LogP contribution in [0.3, 0.4) is 0 Å². The van der Waals surface area contributed by atoms with Gasteiger partial charge in [-0.3, -0.25) is 4.57 Å². The van der Waals surface area contributed by atoms with Crippen molar-refractivity contribution in [3.05, 3.63) is 90.5 Å². The summed E-state index contributed by atoms with van der Waals surface area (Å²) in [6, 6.07) is 27.3. The number of thioether (sulfide) groups is 1. The predicted molar refractivity (Wildman–Crippen MR) is 119 cm³/mol. The van der Waals surface area contributed by atoms with Crippen molar-refractivity contribution in [1.82, 2.24) is 14.8 Å². The van der Waals surface area contributed by atoms with Gasteiger partial charge >= 0.3 is 0 Å². The number of benzene rings is 3. The summed E-state index contributed by atoms with van der Waals surface area (Å²) in [7, 11) is 1.64. The molecular formula is C23H20N4O2S. The minimum atomic E-state index is 0.452. The highest BCUT2D eigenvalue weighted by molar-refractivity contribution is 7.99. The third-order valence-corrected chi connectivity index (χ3v) is 5.50. The summed E-state index contributed by atoms with van der Waals surface area (Å²) in [4.78, 5) is 0. The van der Waals surface area contributed by atoms with Crippen molar-refractivity contribution in [3.8, 4) is 22.8 Å². The van der Waals surface area contributed by atoms with Gasteiger partial charge in [-0.15, -0.1) is 10.2 Å². The van der Waals surface area contributed by atoms with Crippen molar-refractivity contribution in [2.45, 2.75) is 5.16 Å². The molecule has 30 heavy (non-hydrogen) atoms. The molecule has 1 heterocycles.